The molecule has 1 aromatic carbocycles. The highest BCUT2D eigenvalue weighted by molar-refractivity contribution is 5.70. The van der Waals surface area contributed by atoms with E-state index in [-0.39, 0.29) is 11.6 Å². The first-order valence-electron chi connectivity index (χ1n) is 9.36. The Bertz CT molecular complexity index is 548. The second-order valence-corrected chi connectivity index (χ2v) is 7.64. The van der Waals surface area contributed by atoms with E-state index in [2.05, 4.69) is 34.5 Å². The molecule has 0 bridgehead atoms. The van der Waals surface area contributed by atoms with Crippen LogP contribution >= 0.6 is 0 Å². The number of ether oxygens (including phenoxy) is 1. The zero-order valence-electron chi connectivity index (χ0n) is 16.3. The molecule has 1 spiro atoms. The summed E-state index contributed by atoms with van der Waals surface area (Å²) in [7, 11) is 0. The van der Waals surface area contributed by atoms with Crippen molar-refractivity contribution in [1.82, 2.24) is 15.1 Å². The summed E-state index contributed by atoms with van der Waals surface area (Å²) in [5, 5.41) is 3.48. The number of likely N-dealkylation sites (tertiary alicyclic amines) is 1. The van der Waals surface area contributed by atoms with Gasteiger partial charge in [0.2, 0.25) is 0 Å². The van der Waals surface area contributed by atoms with Crippen LogP contribution in [0, 0.1) is 0 Å². The van der Waals surface area contributed by atoms with Crippen molar-refractivity contribution in [3.63, 3.8) is 0 Å². The maximum absolute atomic E-state index is 12.2. The first-order chi connectivity index (χ1) is 11.9. The van der Waals surface area contributed by atoms with Gasteiger partial charge in [-0.05, 0) is 26.3 Å². The van der Waals surface area contributed by atoms with Crippen molar-refractivity contribution in [2.24, 2.45) is 0 Å². The van der Waals surface area contributed by atoms with Crippen LogP contribution in [0.25, 0.3) is 0 Å². The van der Waals surface area contributed by atoms with Crippen LogP contribution < -0.4 is 5.32 Å². The molecule has 1 N–H and O–H groups in total. The van der Waals surface area contributed by atoms with Gasteiger partial charge in [0.1, 0.15) is 5.60 Å². The third-order valence-electron chi connectivity index (χ3n) is 4.52. The molecular weight excluding hydrogens is 314 g/mol. The summed E-state index contributed by atoms with van der Waals surface area (Å²) in [5.41, 5.74) is 0.934. The molecule has 0 radical (unpaired) electrons. The SMILES string of the molecule is CC.CC(C)(C)OC(=O)N1CC2(CNCCN2Cc2ccccc2)C1. The van der Waals surface area contributed by atoms with Crippen molar-refractivity contribution < 1.29 is 9.53 Å². The molecule has 5 heteroatoms. The molecule has 2 heterocycles. The number of benzene rings is 1. The van der Waals surface area contributed by atoms with E-state index in [1.807, 2.05) is 45.6 Å². The molecule has 25 heavy (non-hydrogen) atoms. The molecule has 1 amide bonds. The van der Waals surface area contributed by atoms with Crippen molar-refractivity contribution in [1.29, 1.82) is 0 Å². The Kier molecular flexibility index (Phi) is 6.47. The molecule has 1 aromatic rings. The van der Waals surface area contributed by atoms with E-state index >= 15 is 0 Å². The van der Waals surface area contributed by atoms with Crippen molar-refractivity contribution in [3.05, 3.63) is 35.9 Å². The van der Waals surface area contributed by atoms with Crippen LogP contribution in [-0.2, 0) is 11.3 Å². The van der Waals surface area contributed by atoms with E-state index in [1.165, 1.54) is 5.56 Å². The Morgan fingerprint density at radius 1 is 1.20 bits per heavy atom. The fourth-order valence-corrected chi connectivity index (χ4v) is 3.37. The molecule has 0 atom stereocenters. The average Bonchev–Trinajstić information content (AvgIpc) is 2.54. The van der Waals surface area contributed by atoms with Crippen LogP contribution in [0.4, 0.5) is 4.79 Å². The molecular formula is C20H33N3O2. The van der Waals surface area contributed by atoms with E-state index in [0.717, 1.165) is 39.3 Å². The topological polar surface area (TPSA) is 44.8 Å². The molecule has 3 rings (SSSR count). The number of nitrogens with zero attached hydrogens (tertiary/aromatic N) is 2. The summed E-state index contributed by atoms with van der Waals surface area (Å²) in [5.74, 6) is 0. The zero-order valence-corrected chi connectivity index (χ0v) is 16.3. The van der Waals surface area contributed by atoms with E-state index in [9.17, 15) is 4.79 Å². The van der Waals surface area contributed by atoms with Gasteiger partial charge in [0.15, 0.2) is 0 Å². The Labute approximate surface area is 152 Å². The summed E-state index contributed by atoms with van der Waals surface area (Å²) in [4.78, 5) is 16.5. The van der Waals surface area contributed by atoms with Gasteiger partial charge in [-0.2, -0.15) is 0 Å². The highest BCUT2D eigenvalue weighted by Crippen LogP contribution is 2.31. The van der Waals surface area contributed by atoms with Crippen LogP contribution in [0.2, 0.25) is 0 Å². The third kappa shape index (κ3) is 4.95. The number of hydrogen-bond acceptors (Lipinski definition) is 4. The third-order valence-corrected chi connectivity index (χ3v) is 4.52. The van der Waals surface area contributed by atoms with E-state index in [4.69, 9.17) is 4.74 Å². The van der Waals surface area contributed by atoms with Gasteiger partial charge in [-0.25, -0.2) is 4.79 Å². The zero-order chi connectivity index (χ0) is 18.5. The molecule has 0 unspecified atom stereocenters. The fraction of sp³-hybridized carbons (Fsp3) is 0.650. The monoisotopic (exact) mass is 347 g/mol. The second-order valence-electron chi connectivity index (χ2n) is 7.64. The van der Waals surface area contributed by atoms with Gasteiger partial charge in [-0.1, -0.05) is 44.2 Å². The average molecular weight is 348 g/mol. The van der Waals surface area contributed by atoms with E-state index < -0.39 is 5.60 Å². The van der Waals surface area contributed by atoms with E-state index in [1.54, 1.807) is 0 Å². The highest BCUT2D eigenvalue weighted by Gasteiger charge is 2.51. The van der Waals surface area contributed by atoms with Gasteiger partial charge in [0.25, 0.3) is 0 Å². The van der Waals surface area contributed by atoms with E-state index in [0.29, 0.717) is 0 Å². The van der Waals surface area contributed by atoms with Crippen LogP contribution in [0.1, 0.15) is 40.2 Å². The Hall–Kier alpha value is -1.59. The molecule has 0 saturated carbocycles. The standard InChI is InChI=1S/C18H27N3O2.C2H6/c1-17(2,3)23-16(22)20-13-18(14-20)12-19-9-10-21(18)11-15-7-5-4-6-8-15;1-2/h4-8,19H,9-14H2,1-3H3;1-2H3. The molecule has 140 valence electrons. The van der Waals surface area contributed by atoms with Crippen LogP contribution in [0.5, 0.6) is 0 Å². The molecule has 0 aliphatic carbocycles. The maximum Gasteiger partial charge on any atom is 0.410 e. The van der Waals surface area contributed by atoms with Crippen LogP contribution in [-0.4, -0.2) is 59.8 Å². The molecule has 5 nitrogen and oxygen atoms in total. The lowest BCUT2D eigenvalue weighted by Crippen LogP contribution is -2.77. The summed E-state index contributed by atoms with van der Waals surface area (Å²) in [6.07, 6.45) is -0.201. The molecule has 2 aliphatic heterocycles. The van der Waals surface area contributed by atoms with Gasteiger partial charge < -0.3 is 15.0 Å². The van der Waals surface area contributed by atoms with Crippen LogP contribution in [0.3, 0.4) is 0 Å². The number of carbonyl (C=O) groups excluding carboxylic acids is 1. The minimum atomic E-state index is -0.436. The van der Waals surface area contributed by atoms with Gasteiger partial charge in [-0.15, -0.1) is 0 Å². The number of hydrogen-bond donors (Lipinski definition) is 1. The molecule has 2 saturated heterocycles. The van der Waals surface area contributed by atoms with Crippen molar-refractivity contribution in [2.45, 2.75) is 52.3 Å². The summed E-state index contributed by atoms with van der Waals surface area (Å²) in [6.45, 7) is 15.1. The van der Waals surface area contributed by atoms with Gasteiger partial charge in [0.05, 0.1) is 5.54 Å². The number of amides is 1. The molecule has 2 aliphatic rings. The smallest absolute Gasteiger partial charge is 0.410 e. The van der Waals surface area contributed by atoms with Gasteiger partial charge in [0, 0.05) is 39.3 Å². The minimum Gasteiger partial charge on any atom is -0.444 e. The lowest BCUT2D eigenvalue weighted by Gasteiger charge is -2.57. The first-order valence-corrected chi connectivity index (χ1v) is 9.36. The second kappa shape index (κ2) is 8.19. The number of carbonyl (C=O) groups is 1. The number of rotatable bonds is 2. The summed E-state index contributed by atoms with van der Waals surface area (Å²) in [6, 6.07) is 10.5. The largest absolute Gasteiger partial charge is 0.444 e. The fourth-order valence-electron chi connectivity index (χ4n) is 3.37. The lowest BCUT2D eigenvalue weighted by atomic mass is 9.85. The molecule has 2 fully saturated rings. The summed E-state index contributed by atoms with van der Waals surface area (Å²) < 4.78 is 5.48. The Balaban J connectivity index is 0.00000109. The van der Waals surface area contributed by atoms with Crippen molar-refractivity contribution in [2.75, 3.05) is 32.7 Å². The van der Waals surface area contributed by atoms with Crippen molar-refractivity contribution in [3.8, 4) is 0 Å². The van der Waals surface area contributed by atoms with Crippen molar-refractivity contribution >= 4 is 6.09 Å². The molecule has 0 aromatic heterocycles. The lowest BCUT2D eigenvalue weighted by molar-refractivity contribution is -0.0772. The minimum absolute atomic E-state index is 0.0466. The highest BCUT2D eigenvalue weighted by atomic mass is 16.6. The maximum atomic E-state index is 12.2. The van der Waals surface area contributed by atoms with Gasteiger partial charge in [-0.3, -0.25) is 4.90 Å². The Morgan fingerprint density at radius 3 is 2.44 bits per heavy atom. The number of nitrogens with one attached hydrogen (secondary N) is 1. The number of piperazine rings is 1. The quantitative estimate of drug-likeness (QED) is 0.893. The Morgan fingerprint density at radius 2 is 1.84 bits per heavy atom. The van der Waals surface area contributed by atoms with Crippen LogP contribution in [0.15, 0.2) is 30.3 Å². The predicted octanol–water partition coefficient (Wildman–Crippen LogP) is 3.11. The first kappa shape index (κ1) is 19.7. The predicted molar refractivity (Wildman–Crippen MR) is 102 cm³/mol. The summed E-state index contributed by atoms with van der Waals surface area (Å²) >= 11 is 0. The van der Waals surface area contributed by atoms with Gasteiger partial charge >= 0.3 is 6.09 Å². The normalized spacial score (nSPS) is 19.6.